The lowest BCUT2D eigenvalue weighted by Gasteiger charge is -2.31. The van der Waals surface area contributed by atoms with Gasteiger partial charge >= 0.3 is 5.97 Å². The van der Waals surface area contributed by atoms with Gasteiger partial charge in [-0.1, -0.05) is 11.4 Å². The number of amides is 1. The molecular formula is C14H19FN2O3. The fraction of sp³-hybridized carbons (Fsp3) is 0.571. The van der Waals surface area contributed by atoms with Crippen LogP contribution in [0.2, 0.25) is 0 Å². The molecule has 1 amide bonds. The monoisotopic (exact) mass is 282 g/mol. The minimum atomic E-state index is -0.323. The summed E-state index contributed by atoms with van der Waals surface area (Å²) in [6.45, 7) is 2.89. The molecule has 0 atom stereocenters. The topological polar surface area (TPSA) is 51.5 Å². The van der Waals surface area contributed by atoms with Gasteiger partial charge in [-0.2, -0.15) is 4.79 Å². The highest BCUT2D eigenvalue weighted by atomic mass is 19.2. The number of esters is 1. The maximum Gasteiger partial charge on any atom is 0.306 e. The predicted octanol–water partition coefficient (Wildman–Crippen LogP) is 2.17. The van der Waals surface area contributed by atoms with Crippen molar-refractivity contribution in [3.8, 4) is 0 Å². The highest BCUT2D eigenvalue weighted by molar-refractivity contribution is 5.92. The molecule has 6 heteroatoms. The van der Waals surface area contributed by atoms with E-state index in [9.17, 15) is 14.1 Å². The normalized spacial score (nSPS) is 16.2. The fourth-order valence-electron chi connectivity index (χ4n) is 2.31. The number of piperidine rings is 1. The van der Waals surface area contributed by atoms with Crippen LogP contribution in [-0.2, 0) is 9.53 Å². The molecule has 0 aromatic carbocycles. The summed E-state index contributed by atoms with van der Waals surface area (Å²) in [6, 6.07) is 2.95. The molecule has 1 saturated heterocycles. The van der Waals surface area contributed by atoms with Crippen LogP contribution < -0.4 is 0 Å². The molecular weight excluding hydrogens is 263 g/mol. The van der Waals surface area contributed by atoms with Gasteiger partial charge in [0.1, 0.15) is 11.8 Å². The number of halogens is 1. The maximum absolute atomic E-state index is 13.3. The SMILES string of the molecule is CCCC(=O)OC1CCN(C(=O)c2cccn2F)CC1. The van der Waals surface area contributed by atoms with Gasteiger partial charge in [-0.3, -0.25) is 9.59 Å². The number of likely N-dealkylation sites (tertiary alicyclic amines) is 1. The summed E-state index contributed by atoms with van der Waals surface area (Å²) >= 11 is 0. The van der Waals surface area contributed by atoms with E-state index in [0.29, 0.717) is 37.1 Å². The highest BCUT2D eigenvalue weighted by Crippen LogP contribution is 2.17. The van der Waals surface area contributed by atoms with Crippen molar-refractivity contribution in [3.05, 3.63) is 24.0 Å². The number of hydrogen-bond acceptors (Lipinski definition) is 3. The summed E-state index contributed by atoms with van der Waals surface area (Å²) in [5, 5.41) is 0. The Kier molecular flexibility index (Phi) is 4.76. The van der Waals surface area contributed by atoms with Gasteiger partial charge in [0, 0.05) is 38.5 Å². The van der Waals surface area contributed by atoms with Crippen molar-refractivity contribution in [2.45, 2.75) is 38.7 Å². The molecule has 2 rings (SSSR count). The van der Waals surface area contributed by atoms with Crippen LogP contribution >= 0.6 is 0 Å². The molecule has 1 aromatic rings. The molecule has 0 radical (unpaired) electrons. The Morgan fingerprint density at radius 3 is 2.65 bits per heavy atom. The number of carbonyl (C=O) groups is 2. The zero-order valence-electron chi connectivity index (χ0n) is 11.5. The first kappa shape index (κ1) is 14.6. The Balaban J connectivity index is 1.84. The quantitative estimate of drug-likeness (QED) is 0.795. The van der Waals surface area contributed by atoms with Crippen LogP contribution in [0.5, 0.6) is 0 Å². The zero-order valence-corrected chi connectivity index (χ0v) is 11.5. The van der Waals surface area contributed by atoms with Crippen LogP contribution in [0.4, 0.5) is 4.48 Å². The Labute approximate surface area is 117 Å². The number of ether oxygens (including phenoxy) is 1. The maximum atomic E-state index is 13.3. The lowest BCUT2D eigenvalue weighted by molar-refractivity contribution is -0.150. The van der Waals surface area contributed by atoms with Crippen molar-refractivity contribution in [1.82, 2.24) is 9.69 Å². The molecule has 0 saturated carbocycles. The average molecular weight is 282 g/mol. The molecule has 110 valence electrons. The van der Waals surface area contributed by atoms with Crippen LogP contribution in [0.15, 0.2) is 18.3 Å². The third-order valence-corrected chi connectivity index (χ3v) is 3.40. The number of hydrogen-bond donors (Lipinski definition) is 0. The molecule has 0 spiro atoms. The molecule has 0 unspecified atom stereocenters. The standard InChI is InChI=1S/C14H19FN2O3/c1-2-4-13(18)20-11-6-9-16(10-7-11)14(19)12-5-3-8-17(12)15/h3,5,8,11H,2,4,6-7,9-10H2,1H3. The third kappa shape index (κ3) is 3.37. The summed E-state index contributed by atoms with van der Waals surface area (Å²) in [4.78, 5) is 25.4. The second-order valence-corrected chi connectivity index (χ2v) is 4.94. The summed E-state index contributed by atoms with van der Waals surface area (Å²) in [7, 11) is 0. The largest absolute Gasteiger partial charge is 0.462 e. The predicted molar refractivity (Wildman–Crippen MR) is 70.9 cm³/mol. The van der Waals surface area contributed by atoms with Gasteiger partial charge in [-0.25, -0.2) is 0 Å². The molecule has 5 nitrogen and oxygen atoms in total. The molecule has 20 heavy (non-hydrogen) atoms. The molecule has 2 heterocycles. The Hall–Kier alpha value is -1.85. The smallest absolute Gasteiger partial charge is 0.306 e. The number of aromatic nitrogens is 1. The number of rotatable bonds is 4. The van der Waals surface area contributed by atoms with E-state index < -0.39 is 0 Å². The van der Waals surface area contributed by atoms with Crippen LogP contribution in [0.1, 0.15) is 43.1 Å². The minimum absolute atomic E-state index is 0.0337. The summed E-state index contributed by atoms with van der Waals surface area (Å²) in [6.07, 6.45) is 3.47. The number of nitrogens with zero attached hydrogens (tertiary/aromatic N) is 2. The van der Waals surface area contributed by atoms with E-state index in [-0.39, 0.29) is 23.7 Å². The lowest BCUT2D eigenvalue weighted by atomic mass is 10.1. The molecule has 1 aromatic heterocycles. The first-order valence-electron chi connectivity index (χ1n) is 6.94. The first-order valence-corrected chi connectivity index (χ1v) is 6.94. The van der Waals surface area contributed by atoms with E-state index in [0.717, 1.165) is 6.42 Å². The lowest BCUT2D eigenvalue weighted by Crippen LogP contribution is -2.41. The van der Waals surface area contributed by atoms with Crippen LogP contribution in [0.3, 0.4) is 0 Å². The summed E-state index contributed by atoms with van der Waals surface area (Å²) in [5.41, 5.74) is 0.0337. The van der Waals surface area contributed by atoms with Crippen molar-refractivity contribution < 1.29 is 18.8 Å². The zero-order chi connectivity index (χ0) is 14.5. The van der Waals surface area contributed by atoms with Gasteiger partial charge in [-0.15, -0.1) is 0 Å². The van der Waals surface area contributed by atoms with E-state index >= 15 is 0 Å². The molecule has 1 aliphatic heterocycles. The summed E-state index contributed by atoms with van der Waals surface area (Å²) < 4.78 is 18.6. The van der Waals surface area contributed by atoms with Crippen molar-refractivity contribution in [1.29, 1.82) is 0 Å². The number of carbonyl (C=O) groups excluding carboxylic acids is 2. The Bertz CT molecular complexity index is 479. The summed E-state index contributed by atoms with van der Waals surface area (Å²) in [5.74, 6) is -0.509. The van der Waals surface area contributed by atoms with Gasteiger partial charge in [0.15, 0.2) is 0 Å². The van der Waals surface area contributed by atoms with Crippen molar-refractivity contribution in [3.63, 3.8) is 0 Å². The molecule has 0 bridgehead atoms. The van der Waals surface area contributed by atoms with Crippen molar-refractivity contribution in [2.75, 3.05) is 13.1 Å². The van der Waals surface area contributed by atoms with E-state index in [1.54, 1.807) is 4.90 Å². The van der Waals surface area contributed by atoms with Crippen LogP contribution in [-0.4, -0.2) is 40.8 Å². The molecule has 1 aliphatic rings. The Morgan fingerprint density at radius 1 is 1.40 bits per heavy atom. The second kappa shape index (κ2) is 6.54. The van der Waals surface area contributed by atoms with Gasteiger partial charge in [0.2, 0.25) is 0 Å². The van der Waals surface area contributed by atoms with E-state index in [2.05, 4.69) is 0 Å². The second-order valence-electron chi connectivity index (χ2n) is 4.94. The van der Waals surface area contributed by atoms with E-state index in [1.807, 2.05) is 6.92 Å². The van der Waals surface area contributed by atoms with E-state index in [4.69, 9.17) is 4.74 Å². The van der Waals surface area contributed by atoms with Gasteiger partial charge < -0.3 is 9.64 Å². The highest BCUT2D eigenvalue weighted by Gasteiger charge is 2.27. The van der Waals surface area contributed by atoms with Crippen molar-refractivity contribution >= 4 is 11.9 Å². The average Bonchev–Trinajstić information content (AvgIpc) is 2.85. The van der Waals surface area contributed by atoms with Crippen LogP contribution in [0.25, 0.3) is 0 Å². The molecule has 0 N–H and O–H groups in total. The van der Waals surface area contributed by atoms with Gasteiger partial charge in [0.05, 0.1) is 0 Å². The minimum Gasteiger partial charge on any atom is -0.462 e. The molecule has 0 aliphatic carbocycles. The fourth-order valence-corrected chi connectivity index (χ4v) is 2.31. The van der Waals surface area contributed by atoms with E-state index in [1.165, 1.54) is 18.3 Å². The van der Waals surface area contributed by atoms with Gasteiger partial charge in [0.25, 0.3) is 5.91 Å². The molecule has 1 fully saturated rings. The third-order valence-electron chi connectivity index (χ3n) is 3.40. The van der Waals surface area contributed by atoms with Gasteiger partial charge in [-0.05, 0) is 18.6 Å². The first-order chi connectivity index (χ1) is 9.61. The Morgan fingerprint density at radius 2 is 2.10 bits per heavy atom. The van der Waals surface area contributed by atoms with Crippen molar-refractivity contribution in [2.24, 2.45) is 0 Å². The van der Waals surface area contributed by atoms with Crippen LogP contribution in [0, 0.1) is 0 Å².